The fraction of sp³-hybridized carbons (Fsp3) is 0.733. The van der Waals surface area contributed by atoms with Crippen LogP contribution < -0.4 is 10.1 Å². The zero-order valence-electron chi connectivity index (χ0n) is 21.6. The number of ketones is 1. The lowest BCUT2D eigenvalue weighted by Gasteiger charge is -2.50. The third kappa shape index (κ3) is 4.72. The van der Waals surface area contributed by atoms with E-state index in [0.29, 0.717) is 60.7 Å². The number of nitrogens with one attached hydrogen (secondary N) is 1. The molecule has 0 unspecified atom stereocenters. The Morgan fingerprint density at radius 2 is 1.97 bits per heavy atom. The smallest absolute Gasteiger partial charge is 0.220 e. The van der Waals surface area contributed by atoms with Gasteiger partial charge in [-0.3, -0.25) is 9.59 Å². The Morgan fingerprint density at radius 3 is 2.74 bits per heavy atom. The number of amides is 1. The maximum atomic E-state index is 13.3. The van der Waals surface area contributed by atoms with Crippen LogP contribution in [0.3, 0.4) is 0 Å². The Balaban J connectivity index is 1.28. The number of carbonyl (C=O) groups excluding carboxylic acids is 2. The molecule has 3 saturated carbocycles. The monoisotopic (exact) mass is 481 g/mol. The summed E-state index contributed by atoms with van der Waals surface area (Å²) in [7, 11) is 0. The zero-order chi connectivity index (χ0) is 24.6. The molecular formula is C30H43NO4. The first-order valence-electron chi connectivity index (χ1n) is 14.2. The molecule has 0 bridgehead atoms. The van der Waals surface area contributed by atoms with Crippen LogP contribution in [-0.2, 0) is 16.0 Å². The Labute approximate surface area is 210 Å². The average molecular weight is 482 g/mol. The van der Waals surface area contributed by atoms with Gasteiger partial charge >= 0.3 is 0 Å². The molecule has 4 aliphatic carbocycles. The minimum Gasteiger partial charge on any atom is -0.504 e. The Kier molecular flexibility index (Phi) is 7.14. The number of benzene rings is 1. The van der Waals surface area contributed by atoms with Gasteiger partial charge in [0.25, 0.3) is 0 Å². The molecule has 5 nitrogen and oxygen atoms in total. The van der Waals surface area contributed by atoms with Crippen molar-refractivity contribution in [3.63, 3.8) is 0 Å². The van der Waals surface area contributed by atoms with Gasteiger partial charge in [-0.15, -0.1) is 0 Å². The molecule has 3 fully saturated rings. The molecule has 0 heterocycles. The maximum Gasteiger partial charge on any atom is 0.220 e. The summed E-state index contributed by atoms with van der Waals surface area (Å²) in [6.45, 7) is 4.70. The highest BCUT2D eigenvalue weighted by Crippen LogP contribution is 2.62. The van der Waals surface area contributed by atoms with Gasteiger partial charge in [0.1, 0.15) is 5.78 Å². The summed E-state index contributed by atoms with van der Waals surface area (Å²) in [5.41, 5.74) is 2.36. The SMILES string of the molecule is CCOc1cc2c(cc1O)CC[C@H]1[C@@H]3[C@@H](CCCC(=O)NC4CCCCC4)CC(=O)[C@@]3(C)CC[C@H]21. The highest BCUT2D eigenvalue weighted by molar-refractivity contribution is 5.87. The van der Waals surface area contributed by atoms with Gasteiger partial charge < -0.3 is 15.2 Å². The van der Waals surface area contributed by atoms with Crippen molar-refractivity contribution >= 4 is 11.7 Å². The standard InChI is InChI=1S/C30H43NO4/c1-3-35-26-18-24-19(16-25(26)32)12-13-23-22(24)14-15-30(2)27(33)17-20(29(23)30)8-7-11-28(34)31-21-9-5-4-6-10-21/h16,18,20-23,29,32H,3-15,17H2,1-2H3,(H,31,34)/t20-,22-,23+,29-,30+/m0/s1. The predicted molar refractivity (Wildman–Crippen MR) is 137 cm³/mol. The van der Waals surface area contributed by atoms with Crippen LogP contribution in [0.4, 0.5) is 0 Å². The molecular weight excluding hydrogens is 438 g/mol. The minimum absolute atomic E-state index is 0.195. The van der Waals surface area contributed by atoms with E-state index in [1.165, 1.54) is 30.4 Å². The van der Waals surface area contributed by atoms with E-state index >= 15 is 0 Å². The van der Waals surface area contributed by atoms with E-state index in [2.05, 4.69) is 18.3 Å². The number of phenols is 1. The van der Waals surface area contributed by atoms with E-state index in [4.69, 9.17) is 4.74 Å². The highest BCUT2D eigenvalue weighted by Gasteiger charge is 2.58. The van der Waals surface area contributed by atoms with E-state index in [0.717, 1.165) is 51.4 Å². The van der Waals surface area contributed by atoms with Crippen molar-refractivity contribution in [1.29, 1.82) is 0 Å². The molecule has 35 heavy (non-hydrogen) atoms. The number of ether oxygens (including phenoxy) is 1. The first kappa shape index (κ1) is 24.6. The molecule has 0 spiro atoms. The Morgan fingerprint density at radius 1 is 1.17 bits per heavy atom. The lowest BCUT2D eigenvalue weighted by molar-refractivity contribution is -0.129. The van der Waals surface area contributed by atoms with Gasteiger partial charge in [0.15, 0.2) is 11.5 Å². The first-order chi connectivity index (χ1) is 16.9. The van der Waals surface area contributed by atoms with Gasteiger partial charge in [-0.1, -0.05) is 26.2 Å². The molecule has 2 N–H and O–H groups in total. The molecule has 0 saturated heterocycles. The topological polar surface area (TPSA) is 75.6 Å². The summed E-state index contributed by atoms with van der Waals surface area (Å²) < 4.78 is 5.71. The van der Waals surface area contributed by atoms with E-state index in [1.807, 2.05) is 13.0 Å². The molecule has 5 heteroatoms. The van der Waals surface area contributed by atoms with Crippen LogP contribution >= 0.6 is 0 Å². The molecule has 1 aromatic rings. The van der Waals surface area contributed by atoms with E-state index in [9.17, 15) is 14.7 Å². The van der Waals surface area contributed by atoms with Gasteiger partial charge in [-0.25, -0.2) is 0 Å². The van der Waals surface area contributed by atoms with Gasteiger partial charge in [0.2, 0.25) is 5.91 Å². The predicted octanol–water partition coefficient (Wildman–Crippen LogP) is 6.06. The molecule has 0 aliphatic heterocycles. The van der Waals surface area contributed by atoms with Crippen molar-refractivity contribution in [2.24, 2.45) is 23.2 Å². The summed E-state index contributed by atoms with van der Waals surface area (Å²) in [5.74, 6) is 3.17. The van der Waals surface area contributed by atoms with Crippen LogP contribution in [0, 0.1) is 23.2 Å². The fourth-order valence-corrected chi connectivity index (χ4v) is 8.25. The third-order valence-electron chi connectivity index (χ3n) is 9.90. The number of aromatic hydroxyl groups is 1. The number of phenolic OH excluding ortho intramolecular Hbond substituents is 1. The highest BCUT2D eigenvalue weighted by atomic mass is 16.5. The summed E-state index contributed by atoms with van der Waals surface area (Å²) >= 11 is 0. The number of fused-ring (bicyclic) bond motifs is 5. The van der Waals surface area contributed by atoms with Gasteiger partial charge in [-0.2, -0.15) is 0 Å². The number of Topliss-reactive ketones (excluding diaryl/α,β-unsaturated/α-hetero) is 1. The second-order valence-electron chi connectivity index (χ2n) is 11.9. The van der Waals surface area contributed by atoms with Crippen LogP contribution in [0.25, 0.3) is 0 Å². The number of hydrogen-bond acceptors (Lipinski definition) is 4. The third-order valence-corrected chi connectivity index (χ3v) is 9.90. The zero-order valence-corrected chi connectivity index (χ0v) is 21.6. The Hall–Kier alpha value is -2.04. The number of rotatable bonds is 7. The fourth-order valence-electron chi connectivity index (χ4n) is 8.25. The second-order valence-corrected chi connectivity index (χ2v) is 11.9. The van der Waals surface area contributed by atoms with Crippen molar-refractivity contribution < 1.29 is 19.4 Å². The summed E-state index contributed by atoms with van der Waals surface area (Å²) in [6.07, 6.45) is 13.1. The number of aryl methyl sites for hydroxylation is 1. The maximum absolute atomic E-state index is 13.3. The minimum atomic E-state index is -0.215. The lowest BCUT2D eigenvalue weighted by atomic mass is 9.54. The van der Waals surface area contributed by atoms with Crippen LogP contribution in [0.15, 0.2) is 12.1 Å². The summed E-state index contributed by atoms with van der Waals surface area (Å²) in [4.78, 5) is 25.8. The molecule has 192 valence electrons. The van der Waals surface area contributed by atoms with Gasteiger partial charge in [0.05, 0.1) is 6.61 Å². The van der Waals surface area contributed by atoms with Crippen molar-refractivity contribution in [2.75, 3.05) is 6.61 Å². The Bertz CT molecular complexity index is 952. The van der Waals surface area contributed by atoms with Crippen LogP contribution in [0.5, 0.6) is 11.5 Å². The van der Waals surface area contributed by atoms with Crippen molar-refractivity contribution in [1.82, 2.24) is 5.32 Å². The number of hydrogen-bond donors (Lipinski definition) is 2. The molecule has 1 amide bonds. The molecule has 5 rings (SSSR count). The first-order valence-corrected chi connectivity index (χ1v) is 14.2. The molecule has 1 aromatic carbocycles. The molecule has 0 aromatic heterocycles. The van der Waals surface area contributed by atoms with Gasteiger partial charge in [-0.05, 0) is 105 Å². The molecule has 4 aliphatic rings. The van der Waals surface area contributed by atoms with E-state index < -0.39 is 0 Å². The van der Waals surface area contributed by atoms with Crippen LogP contribution in [0.2, 0.25) is 0 Å². The van der Waals surface area contributed by atoms with Crippen molar-refractivity contribution in [3.8, 4) is 11.5 Å². The van der Waals surface area contributed by atoms with Crippen LogP contribution in [0.1, 0.15) is 108 Å². The van der Waals surface area contributed by atoms with Crippen molar-refractivity contribution in [3.05, 3.63) is 23.3 Å². The lowest BCUT2D eigenvalue weighted by Crippen LogP contribution is -2.44. The summed E-state index contributed by atoms with van der Waals surface area (Å²) in [6, 6.07) is 4.36. The van der Waals surface area contributed by atoms with Crippen LogP contribution in [-0.4, -0.2) is 29.4 Å². The van der Waals surface area contributed by atoms with Crippen molar-refractivity contribution in [2.45, 2.75) is 109 Å². The quantitative estimate of drug-likeness (QED) is 0.496. The normalized spacial score (nSPS) is 32.5. The molecule has 0 radical (unpaired) electrons. The van der Waals surface area contributed by atoms with Gasteiger partial charge in [0, 0.05) is 24.3 Å². The number of carbonyl (C=O) groups is 2. The molecule has 5 atom stereocenters. The summed E-state index contributed by atoms with van der Waals surface area (Å²) in [5, 5.41) is 13.7. The largest absolute Gasteiger partial charge is 0.504 e. The average Bonchev–Trinajstić information content (AvgIpc) is 3.10. The van der Waals surface area contributed by atoms with E-state index in [1.54, 1.807) is 0 Å². The second kappa shape index (κ2) is 10.1. The van der Waals surface area contributed by atoms with E-state index in [-0.39, 0.29) is 17.1 Å².